The molecule has 0 atom stereocenters. The lowest BCUT2D eigenvalue weighted by molar-refractivity contribution is 0.482. The van der Waals surface area contributed by atoms with Gasteiger partial charge in [0.15, 0.2) is 0 Å². The predicted octanol–water partition coefficient (Wildman–Crippen LogP) is 3.81. The molecule has 0 bridgehead atoms. The van der Waals surface area contributed by atoms with Crippen LogP contribution in [0.2, 0.25) is 0 Å². The quantitative estimate of drug-likeness (QED) is 0.387. The molecule has 1 N–H and O–H groups in total. The zero-order valence-electron chi connectivity index (χ0n) is 10.5. The molecule has 0 saturated carbocycles. The molecule has 3 heteroatoms. The van der Waals surface area contributed by atoms with Crippen molar-refractivity contribution in [1.29, 1.82) is 0 Å². The summed E-state index contributed by atoms with van der Waals surface area (Å²) in [7, 11) is 0. The van der Waals surface area contributed by atoms with Crippen LogP contribution in [0.15, 0.2) is 63.8 Å². The van der Waals surface area contributed by atoms with Crippen molar-refractivity contribution in [3.05, 3.63) is 64.8 Å². The van der Waals surface area contributed by atoms with Gasteiger partial charge in [-0.05, 0) is 29.7 Å². The molecule has 3 aromatic carbocycles. The van der Waals surface area contributed by atoms with E-state index in [1.54, 1.807) is 36.4 Å². The van der Waals surface area contributed by atoms with Crippen molar-refractivity contribution in [1.82, 2.24) is 0 Å². The Morgan fingerprint density at radius 1 is 0.800 bits per heavy atom. The number of rotatable bonds is 0. The summed E-state index contributed by atoms with van der Waals surface area (Å²) in [4.78, 5) is 12.7. The van der Waals surface area contributed by atoms with E-state index < -0.39 is 0 Å². The second-order valence-electron chi connectivity index (χ2n) is 4.74. The Hall–Kier alpha value is -2.81. The van der Waals surface area contributed by atoms with Gasteiger partial charge in [0.2, 0.25) is 5.43 Å². The summed E-state index contributed by atoms with van der Waals surface area (Å²) in [6.45, 7) is 0. The number of hydrogen-bond acceptors (Lipinski definition) is 3. The monoisotopic (exact) mass is 262 g/mol. The molecule has 0 radical (unpaired) electrons. The Kier molecular flexibility index (Phi) is 2.12. The van der Waals surface area contributed by atoms with Crippen LogP contribution in [0.25, 0.3) is 32.7 Å². The molecule has 20 heavy (non-hydrogen) atoms. The van der Waals surface area contributed by atoms with Gasteiger partial charge in [-0.25, -0.2) is 0 Å². The van der Waals surface area contributed by atoms with E-state index in [1.807, 2.05) is 18.2 Å². The van der Waals surface area contributed by atoms with Crippen molar-refractivity contribution >= 4 is 32.7 Å². The molecule has 4 aromatic rings. The topological polar surface area (TPSA) is 50.4 Å². The van der Waals surface area contributed by atoms with Crippen LogP contribution in [-0.4, -0.2) is 5.11 Å². The van der Waals surface area contributed by atoms with Gasteiger partial charge in [0.25, 0.3) is 0 Å². The van der Waals surface area contributed by atoms with Gasteiger partial charge in [-0.15, -0.1) is 0 Å². The molecule has 0 fully saturated rings. The molecule has 0 spiro atoms. The van der Waals surface area contributed by atoms with Crippen LogP contribution in [0, 0.1) is 0 Å². The molecule has 0 saturated heterocycles. The van der Waals surface area contributed by atoms with E-state index in [9.17, 15) is 9.90 Å². The number of hydrogen-bond donors (Lipinski definition) is 1. The first-order valence-electron chi connectivity index (χ1n) is 6.32. The summed E-state index contributed by atoms with van der Waals surface area (Å²) in [5, 5.41) is 12.4. The first-order chi connectivity index (χ1) is 9.75. The van der Waals surface area contributed by atoms with Crippen molar-refractivity contribution < 1.29 is 9.52 Å². The van der Waals surface area contributed by atoms with E-state index in [0.717, 1.165) is 5.39 Å². The normalized spacial score (nSPS) is 11.4. The third-order valence-corrected chi connectivity index (χ3v) is 3.56. The lowest BCUT2D eigenvalue weighted by Gasteiger charge is -2.06. The van der Waals surface area contributed by atoms with Crippen LogP contribution >= 0.6 is 0 Å². The first-order valence-corrected chi connectivity index (χ1v) is 6.32. The highest BCUT2D eigenvalue weighted by atomic mass is 16.3. The Bertz CT molecular complexity index is 1030. The zero-order chi connectivity index (χ0) is 13.7. The van der Waals surface area contributed by atoms with Crippen LogP contribution in [0.1, 0.15) is 0 Å². The van der Waals surface area contributed by atoms with Crippen molar-refractivity contribution in [3.63, 3.8) is 0 Å². The predicted molar refractivity (Wildman–Crippen MR) is 79.2 cm³/mol. The summed E-state index contributed by atoms with van der Waals surface area (Å²) in [6.07, 6.45) is 0. The van der Waals surface area contributed by atoms with Gasteiger partial charge in [0, 0.05) is 5.39 Å². The standard InChI is InChI=1S/C17H10O3/c18-12-6-3-4-10-8-9-14-16(15(10)12)17(19)11-5-1-2-7-13(11)20-14/h1-9,18H. The van der Waals surface area contributed by atoms with Crippen LogP contribution in [0.4, 0.5) is 0 Å². The highest BCUT2D eigenvalue weighted by Gasteiger charge is 2.12. The fourth-order valence-electron chi connectivity index (χ4n) is 2.65. The summed E-state index contributed by atoms with van der Waals surface area (Å²) in [5.41, 5.74) is 0.927. The molecule has 1 heterocycles. The maximum absolute atomic E-state index is 12.7. The molecule has 0 aliphatic rings. The van der Waals surface area contributed by atoms with E-state index in [4.69, 9.17) is 4.42 Å². The second kappa shape index (κ2) is 3.84. The number of phenolic OH excluding ortho intramolecular Hbond substituents is 1. The molecular weight excluding hydrogens is 252 g/mol. The molecule has 96 valence electrons. The first kappa shape index (κ1) is 11.1. The average molecular weight is 262 g/mol. The van der Waals surface area contributed by atoms with Crippen LogP contribution in [0.5, 0.6) is 5.75 Å². The molecule has 1 aromatic heterocycles. The maximum atomic E-state index is 12.7. The fourth-order valence-corrected chi connectivity index (χ4v) is 2.65. The lowest BCUT2D eigenvalue weighted by atomic mass is 10.0. The molecule has 3 nitrogen and oxygen atoms in total. The molecule has 0 amide bonds. The van der Waals surface area contributed by atoms with E-state index >= 15 is 0 Å². The Morgan fingerprint density at radius 2 is 1.65 bits per heavy atom. The third-order valence-electron chi connectivity index (χ3n) is 3.56. The van der Waals surface area contributed by atoms with Crippen LogP contribution < -0.4 is 5.43 Å². The summed E-state index contributed by atoms with van der Waals surface area (Å²) in [5.74, 6) is 0.0932. The summed E-state index contributed by atoms with van der Waals surface area (Å²) < 4.78 is 5.78. The van der Waals surface area contributed by atoms with Crippen LogP contribution in [-0.2, 0) is 0 Å². The minimum Gasteiger partial charge on any atom is -0.507 e. The van der Waals surface area contributed by atoms with Gasteiger partial charge < -0.3 is 9.52 Å². The molecule has 0 aliphatic carbocycles. The highest BCUT2D eigenvalue weighted by Crippen LogP contribution is 2.31. The Balaban J connectivity index is 2.39. The lowest BCUT2D eigenvalue weighted by Crippen LogP contribution is -2.02. The molecule has 0 aliphatic heterocycles. The smallest absolute Gasteiger partial charge is 0.201 e. The second-order valence-corrected chi connectivity index (χ2v) is 4.74. The van der Waals surface area contributed by atoms with Crippen molar-refractivity contribution in [2.75, 3.05) is 0 Å². The largest absolute Gasteiger partial charge is 0.507 e. The number of aromatic hydroxyl groups is 1. The number of benzene rings is 3. The fraction of sp³-hybridized carbons (Fsp3) is 0. The SMILES string of the molecule is O=c1c2ccccc2oc2ccc3cccc(O)c3c12. The van der Waals surface area contributed by atoms with E-state index in [1.165, 1.54) is 0 Å². The number of phenols is 1. The maximum Gasteiger partial charge on any atom is 0.201 e. The van der Waals surface area contributed by atoms with Gasteiger partial charge in [-0.1, -0.05) is 30.3 Å². The van der Waals surface area contributed by atoms with E-state index in [0.29, 0.717) is 27.3 Å². The van der Waals surface area contributed by atoms with Gasteiger partial charge >= 0.3 is 0 Å². The van der Waals surface area contributed by atoms with E-state index in [2.05, 4.69) is 0 Å². The van der Waals surface area contributed by atoms with E-state index in [-0.39, 0.29) is 11.2 Å². The molecule has 0 unspecified atom stereocenters. The van der Waals surface area contributed by atoms with Crippen molar-refractivity contribution in [2.45, 2.75) is 0 Å². The summed E-state index contributed by atoms with van der Waals surface area (Å²) >= 11 is 0. The van der Waals surface area contributed by atoms with Gasteiger partial charge in [0.05, 0.1) is 10.8 Å². The molecule has 4 rings (SSSR count). The Morgan fingerprint density at radius 3 is 2.55 bits per heavy atom. The number of fused-ring (bicyclic) bond motifs is 4. The molecular formula is C17H10O3. The van der Waals surface area contributed by atoms with Crippen molar-refractivity contribution in [3.8, 4) is 5.75 Å². The van der Waals surface area contributed by atoms with Crippen molar-refractivity contribution in [2.24, 2.45) is 0 Å². The van der Waals surface area contributed by atoms with Gasteiger partial charge in [-0.3, -0.25) is 4.79 Å². The third kappa shape index (κ3) is 1.37. The highest BCUT2D eigenvalue weighted by molar-refractivity contribution is 6.10. The number of para-hydroxylation sites is 1. The van der Waals surface area contributed by atoms with Gasteiger partial charge in [-0.2, -0.15) is 0 Å². The zero-order valence-corrected chi connectivity index (χ0v) is 10.5. The minimum atomic E-state index is -0.117. The minimum absolute atomic E-state index is 0.0932. The van der Waals surface area contributed by atoms with Gasteiger partial charge in [0.1, 0.15) is 16.9 Å². The summed E-state index contributed by atoms with van der Waals surface area (Å²) in [6, 6.07) is 15.9. The van der Waals surface area contributed by atoms with Crippen LogP contribution in [0.3, 0.4) is 0 Å². The average Bonchev–Trinajstić information content (AvgIpc) is 2.47. The Labute approximate surface area is 113 Å².